The van der Waals surface area contributed by atoms with Gasteiger partial charge in [0.25, 0.3) is 10.0 Å². The molecule has 0 amide bonds. The van der Waals surface area contributed by atoms with Crippen molar-refractivity contribution in [3.63, 3.8) is 0 Å². The second kappa shape index (κ2) is 10.4. The number of ether oxygens (including phenoxy) is 2. The minimum atomic E-state index is -4.01. The number of nitrogens with one attached hydrogen (secondary N) is 1. The van der Waals surface area contributed by atoms with Gasteiger partial charge < -0.3 is 14.0 Å². The molecule has 1 N–H and O–H groups in total. The summed E-state index contributed by atoms with van der Waals surface area (Å²) in [4.78, 5) is 54.8. The topological polar surface area (TPSA) is 151 Å². The average molecular weight is 538 g/mol. The molecule has 4 rings (SSSR count). The van der Waals surface area contributed by atoms with Gasteiger partial charge in [-0.3, -0.25) is 9.52 Å². The van der Waals surface area contributed by atoms with Crippen LogP contribution in [0, 0.1) is 0 Å². The molecule has 1 unspecified atom stereocenters. The summed E-state index contributed by atoms with van der Waals surface area (Å²) in [6.45, 7) is 3.18. The maximum Gasteiger partial charge on any atom is 0.374 e. The number of fused-ring (bicyclic) bond motifs is 1. The van der Waals surface area contributed by atoms with Crippen LogP contribution in [-0.4, -0.2) is 54.8 Å². The van der Waals surface area contributed by atoms with Crippen molar-refractivity contribution in [2.75, 3.05) is 17.9 Å². The van der Waals surface area contributed by atoms with Gasteiger partial charge in [-0.15, -0.1) is 0 Å². The van der Waals surface area contributed by atoms with Crippen LogP contribution in [0.4, 0.5) is 5.69 Å². The first-order valence-corrected chi connectivity index (χ1v) is 13.1. The molecule has 1 atom stereocenters. The number of hydrogen-bond acceptors (Lipinski definition) is 9. The molecular weight excluding hydrogens is 514 g/mol. The minimum Gasteiger partial charge on any atom is -0.461 e. The highest BCUT2D eigenvalue weighted by molar-refractivity contribution is 7.92. The summed E-state index contributed by atoms with van der Waals surface area (Å²) in [6.07, 6.45) is 1.81. The molecule has 3 aromatic rings. The standard InChI is InChI=1S/C26H23N3O8S/c1-3-36-24(32)21-16-29(23(27-21)25(33)37-4-2)26(13-14-30)15-19-18(22(26)31)11-8-12-20(19)28-38(34,35)17-9-6-5-7-10-17/h5-13,16,28H,3-4,15H2,1-2H3. The maximum absolute atomic E-state index is 13.8. The summed E-state index contributed by atoms with van der Waals surface area (Å²) < 4.78 is 39.6. The third-order valence-corrected chi connectivity index (χ3v) is 7.32. The number of allylic oxidation sites excluding steroid dienone is 1. The molecule has 1 aliphatic rings. The number of Topliss-reactive ketones (excluding diaryl/α,β-unsaturated/α-hetero) is 1. The zero-order chi connectivity index (χ0) is 27.5. The van der Waals surface area contributed by atoms with Crippen LogP contribution in [-0.2, 0) is 36.3 Å². The van der Waals surface area contributed by atoms with E-state index in [4.69, 9.17) is 9.47 Å². The molecule has 0 saturated heterocycles. The van der Waals surface area contributed by atoms with Crippen molar-refractivity contribution in [1.29, 1.82) is 0 Å². The van der Waals surface area contributed by atoms with Crippen molar-refractivity contribution >= 4 is 39.4 Å². The van der Waals surface area contributed by atoms with Crippen molar-refractivity contribution in [2.24, 2.45) is 0 Å². The fourth-order valence-corrected chi connectivity index (χ4v) is 5.39. The number of anilines is 1. The van der Waals surface area contributed by atoms with E-state index in [1.807, 2.05) is 0 Å². The Bertz CT molecular complexity index is 1570. The molecule has 1 aromatic heterocycles. The van der Waals surface area contributed by atoms with Crippen LogP contribution < -0.4 is 4.72 Å². The van der Waals surface area contributed by atoms with Crippen LogP contribution in [0.5, 0.6) is 0 Å². The van der Waals surface area contributed by atoms with Gasteiger partial charge in [0, 0.05) is 24.3 Å². The van der Waals surface area contributed by atoms with E-state index in [2.05, 4.69) is 9.71 Å². The Morgan fingerprint density at radius 2 is 1.76 bits per heavy atom. The quantitative estimate of drug-likeness (QED) is 0.321. The van der Waals surface area contributed by atoms with Gasteiger partial charge in [0.2, 0.25) is 5.82 Å². The molecule has 12 heteroatoms. The number of hydrogen-bond donors (Lipinski definition) is 1. The summed E-state index contributed by atoms with van der Waals surface area (Å²) in [7, 11) is -4.01. The van der Waals surface area contributed by atoms with Crippen molar-refractivity contribution in [3.8, 4) is 0 Å². The fraction of sp³-hybridized carbons (Fsp3) is 0.231. The van der Waals surface area contributed by atoms with E-state index in [9.17, 15) is 27.6 Å². The van der Waals surface area contributed by atoms with E-state index >= 15 is 0 Å². The van der Waals surface area contributed by atoms with Gasteiger partial charge in [0.05, 0.1) is 23.8 Å². The summed E-state index contributed by atoms with van der Waals surface area (Å²) in [5.74, 6) is -1.20. The highest BCUT2D eigenvalue weighted by atomic mass is 32.2. The lowest BCUT2D eigenvalue weighted by atomic mass is 9.93. The highest BCUT2D eigenvalue weighted by Crippen LogP contribution is 2.41. The SMILES string of the molecule is CCOC(=O)c1cn(C2(C=C=O)Cc3c(NS(=O)(=O)c4ccccc4)cccc3C2=O)c(C(=O)OCC)n1. The third kappa shape index (κ3) is 4.62. The van der Waals surface area contributed by atoms with Crippen LogP contribution in [0.15, 0.2) is 65.7 Å². The van der Waals surface area contributed by atoms with Gasteiger partial charge in [-0.1, -0.05) is 30.3 Å². The number of benzene rings is 2. The van der Waals surface area contributed by atoms with Gasteiger partial charge in [0.15, 0.2) is 11.5 Å². The number of esters is 2. The molecule has 38 heavy (non-hydrogen) atoms. The fourth-order valence-electron chi connectivity index (χ4n) is 4.28. The molecule has 11 nitrogen and oxygen atoms in total. The van der Waals surface area contributed by atoms with Crippen molar-refractivity contribution in [3.05, 3.63) is 83.4 Å². The van der Waals surface area contributed by atoms with Crippen molar-refractivity contribution in [1.82, 2.24) is 9.55 Å². The first kappa shape index (κ1) is 26.5. The number of aromatic nitrogens is 2. The number of imidazole rings is 1. The van der Waals surface area contributed by atoms with Crippen LogP contribution in [0.1, 0.15) is 50.9 Å². The first-order valence-electron chi connectivity index (χ1n) is 11.6. The van der Waals surface area contributed by atoms with E-state index in [0.717, 1.165) is 16.8 Å². The predicted molar refractivity (Wildman–Crippen MR) is 134 cm³/mol. The smallest absolute Gasteiger partial charge is 0.374 e. The number of ketones is 1. The minimum absolute atomic E-state index is 0.0132. The number of nitrogens with zero attached hydrogens (tertiary/aromatic N) is 2. The lowest BCUT2D eigenvalue weighted by Crippen LogP contribution is -2.40. The van der Waals surface area contributed by atoms with E-state index in [-0.39, 0.29) is 47.0 Å². The van der Waals surface area contributed by atoms with Crippen LogP contribution in [0.3, 0.4) is 0 Å². The molecule has 196 valence electrons. The second-order valence-electron chi connectivity index (χ2n) is 8.20. The molecule has 0 spiro atoms. The molecule has 2 aromatic carbocycles. The molecule has 0 radical (unpaired) electrons. The van der Waals surface area contributed by atoms with Gasteiger partial charge in [-0.2, -0.15) is 0 Å². The normalized spacial score (nSPS) is 16.3. The van der Waals surface area contributed by atoms with Gasteiger partial charge in [-0.25, -0.2) is 27.8 Å². The predicted octanol–water partition coefficient (Wildman–Crippen LogP) is 2.56. The van der Waals surface area contributed by atoms with E-state index in [0.29, 0.717) is 0 Å². The number of sulfonamides is 1. The molecule has 0 saturated carbocycles. The Kier molecular flexibility index (Phi) is 7.29. The summed E-state index contributed by atoms with van der Waals surface area (Å²) >= 11 is 0. The monoisotopic (exact) mass is 537 g/mol. The average Bonchev–Trinajstić information content (AvgIpc) is 3.47. The molecule has 1 heterocycles. The van der Waals surface area contributed by atoms with Crippen LogP contribution in [0.25, 0.3) is 0 Å². The summed E-state index contributed by atoms with van der Waals surface area (Å²) in [5.41, 5.74) is -1.64. The maximum atomic E-state index is 13.8. The lowest BCUT2D eigenvalue weighted by Gasteiger charge is -2.25. The Hall–Kier alpha value is -4.54. The van der Waals surface area contributed by atoms with Gasteiger partial charge in [0.1, 0.15) is 11.5 Å². The highest BCUT2D eigenvalue weighted by Gasteiger charge is 2.49. The van der Waals surface area contributed by atoms with E-state index in [1.54, 1.807) is 38.0 Å². The van der Waals surface area contributed by atoms with Gasteiger partial charge in [-0.05, 0) is 37.6 Å². The zero-order valence-corrected chi connectivity index (χ0v) is 21.3. The number of carbonyl (C=O) groups is 3. The Morgan fingerprint density at radius 3 is 2.42 bits per heavy atom. The van der Waals surface area contributed by atoms with Crippen LogP contribution in [0.2, 0.25) is 0 Å². The van der Waals surface area contributed by atoms with Crippen molar-refractivity contribution < 1.29 is 37.1 Å². The van der Waals surface area contributed by atoms with Crippen molar-refractivity contribution in [2.45, 2.75) is 30.7 Å². The van der Waals surface area contributed by atoms with Crippen LogP contribution >= 0.6 is 0 Å². The third-order valence-electron chi connectivity index (χ3n) is 5.93. The Balaban J connectivity index is 1.86. The summed E-state index contributed by atoms with van der Waals surface area (Å²) in [5, 5.41) is 0. The number of carbonyl (C=O) groups excluding carboxylic acids is 4. The number of rotatable bonds is 9. The molecule has 0 bridgehead atoms. The molecule has 1 aliphatic carbocycles. The first-order chi connectivity index (χ1) is 18.2. The van der Waals surface area contributed by atoms with E-state index in [1.165, 1.54) is 30.3 Å². The second-order valence-corrected chi connectivity index (χ2v) is 9.89. The lowest BCUT2D eigenvalue weighted by molar-refractivity contribution is 0.0499. The largest absolute Gasteiger partial charge is 0.461 e. The zero-order valence-electron chi connectivity index (χ0n) is 20.5. The van der Waals surface area contributed by atoms with Gasteiger partial charge >= 0.3 is 11.9 Å². The Labute approximate surface area is 218 Å². The molecular formula is C26H23N3O8S. The molecule has 0 aliphatic heterocycles. The Morgan fingerprint density at radius 1 is 1.08 bits per heavy atom. The molecule has 0 fully saturated rings. The summed E-state index contributed by atoms with van der Waals surface area (Å²) in [6, 6.07) is 12.1. The van der Waals surface area contributed by atoms with E-state index < -0.39 is 39.1 Å².